The zero-order valence-corrected chi connectivity index (χ0v) is 13.2. The van der Waals surface area contributed by atoms with Crippen molar-refractivity contribution in [3.63, 3.8) is 0 Å². The van der Waals surface area contributed by atoms with Crippen LogP contribution in [0.1, 0.15) is 46.1 Å². The topological polar surface area (TPSA) is 66.4 Å². The summed E-state index contributed by atoms with van der Waals surface area (Å²) >= 11 is 0. The summed E-state index contributed by atoms with van der Waals surface area (Å²) in [5.41, 5.74) is 0.736. The lowest BCUT2D eigenvalue weighted by Gasteiger charge is -2.27. The van der Waals surface area contributed by atoms with E-state index in [1.54, 1.807) is 0 Å². The first kappa shape index (κ1) is 17.2. The lowest BCUT2D eigenvalue weighted by molar-refractivity contribution is -0.143. The summed E-state index contributed by atoms with van der Waals surface area (Å²) < 4.78 is 0. The summed E-state index contributed by atoms with van der Waals surface area (Å²) in [5.74, 6) is -1.29. The number of carbonyl (C=O) groups is 2. The van der Waals surface area contributed by atoms with E-state index in [1.165, 1.54) is 0 Å². The standard InChI is InChI=1S/C17H25NO3/c1-5-12(2)15(16(20)21)18-14(19)11-17(3,4)13-9-7-6-8-10-13/h6-10,12,15H,5,11H2,1-4H3,(H,18,19)(H,20,21)/t12-,15-/m0/s1. The summed E-state index contributed by atoms with van der Waals surface area (Å²) in [5, 5.41) is 11.9. The molecule has 1 amide bonds. The highest BCUT2D eigenvalue weighted by Crippen LogP contribution is 2.26. The Morgan fingerprint density at radius 3 is 2.29 bits per heavy atom. The molecule has 21 heavy (non-hydrogen) atoms. The molecule has 0 aliphatic carbocycles. The van der Waals surface area contributed by atoms with Crippen molar-refractivity contribution in [3.05, 3.63) is 35.9 Å². The Morgan fingerprint density at radius 1 is 1.24 bits per heavy atom. The fourth-order valence-electron chi connectivity index (χ4n) is 2.30. The molecule has 1 aromatic carbocycles. The van der Waals surface area contributed by atoms with Crippen LogP contribution < -0.4 is 5.32 Å². The van der Waals surface area contributed by atoms with Gasteiger partial charge in [-0.3, -0.25) is 4.79 Å². The van der Waals surface area contributed by atoms with Crippen LogP contribution in [0.25, 0.3) is 0 Å². The van der Waals surface area contributed by atoms with Gasteiger partial charge >= 0.3 is 5.97 Å². The van der Waals surface area contributed by atoms with E-state index >= 15 is 0 Å². The molecule has 4 nitrogen and oxygen atoms in total. The second-order valence-corrected chi connectivity index (χ2v) is 6.20. The van der Waals surface area contributed by atoms with E-state index in [-0.39, 0.29) is 23.7 Å². The van der Waals surface area contributed by atoms with Crippen LogP contribution in [-0.4, -0.2) is 23.0 Å². The zero-order valence-electron chi connectivity index (χ0n) is 13.2. The smallest absolute Gasteiger partial charge is 0.326 e. The van der Waals surface area contributed by atoms with Gasteiger partial charge in [0.25, 0.3) is 0 Å². The highest BCUT2D eigenvalue weighted by molar-refractivity contribution is 5.84. The average molecular weight is 291 g/mol. The minimum Gasteiger partial charge on any atom is -0.480 e. The van der Waals surface area contributed by atoms with Gasteiger partial charge in [0.05, 0.1) is 0 Å². The Hall–Kier alpha value is -1.84. The predicted molar refractivity (Wildman–Crippen MR) is 83.1 cm³/mol. The van der Waals surface area contributed by atoms with Gasteiger partial charge in [-0.25, -0.2) is 4.79 Å². The van der Waals surface area contributed by atoms with Gasteiger partial charge in [-0.1, -0.05) is 64.4 Å². The minimum absolute atomic E-state index is 0.0914. The molecule has 0 aliphatic rings. The summed E-state index contributed by atoms with van der Waals surface area (Å²) in [4.78, 5) is 23.4. The second kappa shape index (κ2) is 7.25. The molecule has 0 heterocycles. The molecule has 0 aliphatic heterocycles. The Labute approximate surface area is 126 Å². The molecule has 0 radical (unpaired) electrons. The van der Waals surface area contributed by atoms with Gasteiger partial charge in [0, 0.05) is 6.42 Å². The Morgan fingerprint density at radius 2 is 1.81 bits per heavy atom. The SMILES string of the molecule is CC[C@H](C)[C@H](NC(=O)CC(C)(C)c1ccccc1)C(=O)O. The van der Waals surface area contributed by atoms with Crippen molar-refractivity contribution in [2.75, 3.05) is 0 Å². The van der Waals surface area contributed by atoms with Gasteiger partial charge in [0.2, 0.25) is 5.91 Å². The number of carbonyl (C=O) groups excluding carboxylic acids is 1. The Kier molecular flexibility index (Phi) is 5.94. The molecule has 2 N–H and O–H groups in total. The fraction of sp³-hybridized carbons (Fsp3) is 0.529. The minimum atomic E-state index is -0.977. The van der Waals surface area contributed by atoms with Crippen LogP contribution in [0.5, 0.6) is 0 Å². The molecule has 0 saturated carbocycles. The average Bonchev–Trinajstić information content (AvgIpc) is 2.44. The van der Waals surface area contributed by atoms with Crippen LogP contribution in [0.2, 0.25) is 0 Å². The van der Waals surface area contributed by atoms with Gasteiger partial charge in [-0.05, 0) is 16.9 Å². The lowest BCUT2D eigenvalue weighted by atomic mass is 9.81. The number of hydrogen-bond donors (Lipinski definition) is 2. The first-order valence-corrected chi connectivity index (χ1v) is 7.35. The van der Waals surface area contributed by atoms with Crippen LogP contribution in [0.4, 0.5) is 0 Å². The van der Waals surface area contributed by atoms with E-state index in [0.717, 1.165) is 5.56 Å². The van der Waals surface area contributed by atoms with Crippen LogP contribution >= 0.6 is 0 Å². The molecule has 1 aromatic rings. The maximum Gasteiger partial charge on any atom is 0.326 e. The van der Waals surface area contributed by atoms with E-state index in [1.807, 2.05) is 58.0 Å². The maximum atomic E-state index is 12.2. The number of amides is 1. The van der Waals surface area contributed by atoms with Crippen LogP contribution in [0, 0.1) is 5.92 Å². The molecule has 0 spiro atoms. The van der Waals surface area contributed by atoms with E-state index in [4.69, 9.17) is 0 Å². The number of rotatable bonds is 7. The molecule has 116 valence electrons. The molecule has 0 bridgehead atoms. The molecule has 0 fully saturated rings. The first-order chi connectivity index (χ1) is 9.77. The van der Waals surface area contributed by atoms with Gasteiger partial charge in [0.15, 0.2) is 0 Å². The predicted octanol–water partition coefficient (Wildman–Crippen LogP) is 2.97. The molecule has 1 rings (SSSR count). The van der Waals surface area contributed by atoms with Crippen molar-refractivity contribution < 1.29 is 14.7 Å². The van der Waals surface area contributed by atoms with Crippen molar-refractivity contribution in [2.45, 2.75) is 52.0 Å². The highest BCUT2D eigenvalue weighted by atomic mass is 16.4. The summed E-state index contributed by atoms with van der Waals surface area (Å²) in [6, 6.07) is 8.95. The van der Waals surface area contributed by atoms with E-state index in [9.17, 15) is 14.7 Å². The third-order valence-electron chi connectivity index (χ3n) is 3.95. The molecule has 0 aromatic heterocycles. The molecule has 0 saturated heterocycles. The third-order valence-corrected chi connectivity index (χ3v) is 3.95. The largest absolute Gasteiger partial charge is 0.480 e. The number of aliphatic carboxylic acids is 1. The van der Waals surface area contributed by atoms with Crippen molar-refractivity contribution in [3.8, 4) is 0 Å². The molecule has 0 unspecified atom stereocenters. The monoisotopic (exact) mass is 291 g/mol. The normalized spacial score (nSPS) is 14.3. The first-order valence-electron chi connectivity index (χ1n) is 7.35. The van der Waals surface area contributed by atoms with Crippen molar-refractivity contribution in [2.24, 2.45) is 5.92 Å². The van der Waals surface area contributed by atoms with E-state index < -0.39 is 12.0 Å². The van der Waals surface area contributed by atoms with Gasteiger partial charge in [0.1, 0.15) is 6.04 Å². The van der Waals surface area contributed by atoms with E-state index in [2.05, 4.69) is 5.32 Å². The Bertz CT molecular complexity index is 482. The molecular formula is C17H25NO3. The van der Waals surface area contributed by atoms with Gasteiger partial charge in [-0.15, -0.1) is 0 Å². The lowest BCUT2D eigenvalue weighted by Crippen LogP contribution is -2.46. The molecule has 4 heteroatoms. The zero-order chi connectivity index (χ0) is 16.0. The van der Waals surface area contributed by atoms with Crippen LogP contribution in [0.15, 0.2) is 30.3 Å². The summed E-state index contributed by atoms with van der Waals surface area (Å²) in [6.45, 7) is 7.73. The number of benzene rings is 1. The molecule has 2 atom stereocenters. The van der Waals surface area contributed by atoms with Crippen molar-refractivity contribution in [1.82, 2.24) is 5.32 Å². The van der Waals surface area contributed by atoms with Gasteiger partial charge in [-0.2, -0.15) is 0 Å². The van der Waals surface area contributed by atoms with Crippen LogP contribution in [-0.2, 0) is 15.0 Å². The van der Waals surface area contributed by atoms with Gasteiger partial charge < -0.3 is 10.4 Å². The summed E-state index contributed by atoms with van der Waals surface area (Å²) in [7, 11) is 0. The second-order valence-electron chi connectivity index (χ2n) is 6.20. The molecular weight excluding hydrogens is 266 g/mol. The fourth-order valence-corrected chi connectivity index (χ4v) is 2.30. The number of carboxylic acids is 1. The maximum absolute atomic E-state index is 12.2. The number of nitrogens with one attached hydrogen (secondary N) is 1. The number of carboxylic acid groups (broad SMARTS) is 1. The van der Waals surface area contributed by atoms with Crippen molar-refractivity contribution >= 4 is 11.9 Å². The quantitative estimate of drug-likeness (QED) is 0.811. The van der Waals surface area contributed by atoms with Crippen molar-refractivity contribution in [1.29, 1.82) is 0 Å². The van der Waals surface area contributed by atoms with Crippen LogP contribution in [0.3, 0.4) is 0 Å². The third kappa shape index (κ3) is 4.88. The highest BCUT2D eigenvalue weighted by Gasteiger charge is 2.29. The van der Waals surface area contributed by atoms with E-state index in [0.29, 0.717) is 6.42 Å². The summed E-state index contributed by atoms with van der Waals surface area (Å²) in [6.07, 6.45) is 0.969. The Balaban J connectivity index is 2.74. The number of hydrogen-bond acceptors (Lipinski definition) is 2.